The minimum atomic E-state index is -4.22. The van der Waals surface area contributed by atoms with E-state index in [1.54, 1.807) is 6.92 Å². The molecule has 1 aliphatic carbocycles. The fourth-order valence-electron chi connectivity index (χ4n) is 2.03. The smallest absolute Gasteiger partial charge is 0.166 e. The van der Waals surface area contributed by atoms with Crippen LogP contribution in [0.3, 0.4) is 0 Å². The molecule has 0 nitrogen and oxygen atoms in total. The van der Waals surface area contributed by atoms with Gasteiger partial charge in [0.1, 0.15) is 0 Å². The second-order valence-electron chi connectivity index (χ2n) is 5.40. The topological polar surface area (TPSA) is 0 Å². The summed E-state index contributed by atoms with van der Waals surface area (Å²) < 4.78 is 36.5. The van der Waals surface area contributed by atoms with Gasteiger partial charge in [0.2, 0.25) is 0 Å². The highest BCUT2D eigenvalue weighted by atomic mass is 19.4. The molecule has 0 heterocycles. The molecule has 0 saturated heterocycles. The summed E-state index contributed by atoms with van der Waals surface area (Å²) in [7, 11) is 0. The van der Waals surface area contributed by atoms with Gasteiger partial charge in [0.05, 0.1) is 5.56 Å². The van der Waals surface area contributed by atoms with Gasteiger partial charge in [-0.1, -0.05) is 70.6 Å². The number of rotatable bonds is 3. The molecule has 0 aromatic heterocycles. The second-order valence-corrected chi connectivity index (χ2v) is 5.40. The average molecular weight is 302 g/mol. The van der Waals surface area contributed by atoms with E-state index in [0.717, 1.165) is 17.5 Å². The van der Waals surface area contributed by atoms with Crippen LogP contribution in [0.2, 0.25) is 0 Å². The lowest BCUT2D eigenvalue weighted by atomic mass is 10.1. The number of aryl methyl sites for hydroxylation is 2. The molecule has 1 aliphatic rings. The summed E-state index contributed by atoms with van der Waals surface area (Å²) in [6.45, 7) is 9.51. The van der Waals surface area contributed by atoms with Crippen molar-refractivity contribution in [3.8, 4) is 0 Å². The molecule has 1 aromatic rings. The van der Waals surface area contributed by atoms with Crippen LogP contribution < -0.4 is 0 Å². The van der Waals surface area contributed by atoms with E-state index >= 15 is 0 Å². The Hall–Kier alpha value is -0.990. The van der Waals surface area contributed by atoms with Crippen molar-refractivity contribution >= 4 is 0 Å². The summed E-state index contributed by atoms with van der Waals surface area (Å²) in [5.74, 6) is 1.15. The molecule has 0 spiro atoms. The van der Waals surface area contributed by atoms with Crippen molar-refractivity contribution in [1.29, 1.82) is 0 Å². The van der Waals surface area contributed by atoms with E-state index in [2.05, 4.69) is 6.92 Å². The van der Waals surface area contributed by atoms with Gasteiger partial charge in [0.25, 0.3) is 0 Å². The number of hydrogen-bond donors (Lipinski definition) is 0. The van der Waals surface area contributed by atoms with Gasteiger partial charge < -0.3 is 0 Å². The zero-order chi connectivity index (χ0) is 16.5. The van der Waals surface area contributed by atoms with Gasteiger partial charge in [-0.15, -0.1) is 0 Å². The molecule has 21 heavy (non-hydrogen) atoms. The molecule has 1 saturated carbocycles. The highest BCUT2D eigenvalue weighted by Crippen LogP contribution is 2.33. The van der Waals surface area contributed by atoms with Crippen molar-refractivity contribution < 1.29 is 13.2 Å². The summed E-state index contributed by atoms with van der Waals surface area (Å²) >= 11 is 0. The maximum atomic E-state index is 12.2. The third-order valence-electron chi connectivity index (χ3n) is 3.35. The Labute approximate surface area is 127 Å². The van der Waals surface area contributed by atoms with Crippen molar-refractivity contribution in [2.24, 2.45) is 5.92 Å². The molecule has 0 radical (unpaired) electrons. The molecule has 0 amide bonds. The largest absolute Gasteiger partial charge is 0.416 e. The first kappa shape index (κ1) is 20.0. The lowest BCUT2D eigenvalue weighted by Gasteiger charge is -2.09. The van der Waals surface area contributed by atoms with Gasteiger partial charge in [-0.05, 0) is 31.4 Å². The molecule has 1 aromatic carbocycles. The average Bonchev–Trinajstić information content (AvgIpc) is 3.22. The van der Waals surface area contributed by atoms with E-state index in [9.17, 15) is 13.2 Å². The van der Waals surface area contributed by atoms with Gasteiger partial charge in [-0.3, -0.25) is 0 Å². The van der Waals surface area contributed by atoms with Crippen LogP contribution in [0.15, 0.2) is 18.2 Å². The van der Waals surface area contributed by atoms with E-state index in [1.165, 1.54) is 51.2 Å². The molecule has 0 atom stereocenters. The SMILES string of the molecule is CC.CCCCC1CC1.Cc1ccc(C(F)(F)F)c(C)c1. The highest BCUT2D eigenvalue weighted by molar-refractivity contribution is 5.32. The zero-order valence-corrected chi connectivity index (χ0v) is 14.0. The van der Waals surface area contributed by atoms with Gasteiger partial charge in [-0.2, -0.15) is 13.2 Å². The quantitative estimate of drug-likeness (QED) is 0.567. The summed E-state index contributed by atoms with van der Waals surface area (Å²) in [5.41, 5.74) is 0.580. The van der Waals surface area contributed by atoms with Gasteiger partial charge in [0.15, 0.2) is 0 Å². The summed E-state index contributed by atoms with van der Waals surface area (Å²) in [6, 6.07) is 4.11. The lowest BCUT2D eigenvalue weighted by Crippen LogP contribution is -2.07. The molecule has 0 N–H and O–H groups in total. The second kappa shape index (κ2) is 9.86. The lowest BCUT2D eigenvalue weighted by molar-refractivity contribution is -0.138. The van der Waals surface area contributed by atoms with Crippen LogP contribution in [-0.4, -0.2) is 0 Å². The fourth-order valence-corrected chi connectivity index (χ4v) is 2.03. The van der Waals surface area contributed by atoms with Crippen LogP contribution in [0.1, 0.15) is 69.6 Å². The maximum Gasteiger partial charge on any atom is 0.416 e. The molecule has 2 rings (SSSR count). The van der Waals surface area contributed by atoms with Crippen molar-refractivity contribution in [1.82, 2.24) is 0 Å². The number of hydrogen-bond acceptors (Lipinski definition) is 0. The molecule has 0 aliphatic heterocycles. The zero-order valence-electron chi connectivity index (χ0n) is 14.0. The Bertz CT molecular complexity index is 390. The standard InChI is InChI=1S/C9H9F3.C7H14.C2H6/c1-6-3-4-8(7(2)5-6)9(10,11)12;1-2-3-4-7-5-6-7;1-2/h3-5H,1-2H3;7H,2-6H2,1H3;1-2H3. The van der Waals surface area contributed by atoms with Gasteiger partial charge in [-0.25, -0.2) is 0 Å². The highest BCUT2D eigenvalue weighted by Gasteiger charge is 2.31. The number of alkyl halides is 3. The van der Waals surface area contributed by atoms with Crippen molar-refractivity contribution in [3.63, 3.8) is 0 Å². The monoisotopic (exact) mass is 302 g/mol. The van der Waals surface area contributed by atoms with Crippen LogP contribution in [0, 0.1) is 19.8 Å². The molecule has 122 valence electrons. The van der Waals surface area contributed by atoms with Crippen molar-refractivity contribution in [3.05, 3.63) is 34.9 Å². The summed E-state index contributed by atoms with van der Waals surface area (Å²) in [5, 5.41) is 0. The Morgan fingerprint density at radius 1 is 1.10 bits per heavy atom. The van der Waals surface area contributed by atoms with Crippen LogP contribution in [0.5, 0.6) is 0 Å². The Morgan fingerprint density at radius 2 is 1.67 bits per heavy atom. The van der Waals surface area contributed by atoms with Crippen molar-refractivity contribution in [2.75, 3.05) is 0 Å². The summed E-state index contributed by atoms with van der Waals surface area (Å²) in [4.78, 5) is 0. The van der Waals surface area contributed by atoms with E-state index in [-0.39, 0.29) is 5.56 Å². The van der Waals surface area contributed by atoms with Crippen LogP contribution in [0.4, 0.5) is 13.2 Å². The number of unbranched alkanes of at least 4 members (excludes halogenated alkanes) is 1. The minimum absolute atomic E-state index is 0.280. The first-order chi connectivity index (χ1) is 9.84. The van der Waals surface area contributed by atoms with E-state index in [4.69, 9.17) is 0 Å². The van der Waals surface area contributed by atoms with E-state index in [1.807, 2.05) is 13.8 Å². The first-order valence-electron chi connectivity index (χ1n) is 7.99. The Kier molecular flexibility index (Phi) is 9.39. The third-order valence-corrected chi connectivity index (χ3v) is 3.35. The molecular weight excluding hydrogens is 273 g/mol. The Morgan fingerprint density at radius 3 is 2.05 bits per heavy atom. The molecule has 0 bridgehead atoms. The fraction of sp³-hybridized carbons (Fsp3) is 0.667. The van der Waals surface area contributed by atoms with Crippen LogP contribution in [0.25, 0.3) is 0 Å². The van der Waals surface area contributed by atoms with E-state index < -0.39 is 11.7 Å². The normalized spacial score (nSPS) is 13.7. The third kappa shape index (κ3) is 8.79. The number of halogens is 3. The molecule has 0 unspecified atom stereocenters. The van der Waals surface area contributed by atoms with Gasteiger partial charge in [0, 0.05) is 0 Å². The predicted octanol–water partition coefficient (Wildman–Crippen LogP) is 6.94. The predicted molar refractivity (Wildman–Crippen MR) is 84.5 cm³/mol. The summed E-state index contributed by atoms with van der Waals surface area (Å²) in [6.07, 6.45) is 3.19. The van der Waals surface area contributed by atoms with Crippen LogP contribution in [-0.2, 0) is 6.18 Å². The first-order valence-corrected chi connectivity index (χ1v) is 7.99. The Balaban J connectivity index is 0.000000377. The molecule has 3 heteroatoms. The number of benzene rings is 1. The maximum absolute atomic E-state index is 12.2. The van der Waals surface area contributed by atoms with E-state index in [0.29, 0.717) is 0 Å². The molecule has 1 fully saturated rings. The van der Waals surface area contributed by atoms with Gasteiger partial charge >= 0.3 is 6.18 Å². The molecular formula is C18H29F3. The van der Waals surface area contributed by atoms with Crippen molar-refractivity contribution in [2.45, 2.75) is 72.9 Å². The van der Waals surface area contributed by atoms with Crippen LogP contribution >= 0.6 is 0 Å². The minimum Gasteiger partial charge on any atom is -0.166 e.